The number of halogens is 5. The first-order valence-electron chi connectivity index (χ1n) is 8.61. The monoisotopic (exact) mass is 437 g/mol. The Morgan fingerprint density at radius 1 is 0.700 bits per heavy atom. The molecule has 0 spiro atoms. The van der Waals surface area contributed by atoms with Crippen LogP contribution in [0.2, 0.25) is 0 Å². The lowest BCUT2D eigenvalue weighted by Crippen LogP contribution is -2.28. The number of fused-ring (bicyclic) bond motifs is 3. The van der Waals surface area contributed by atoms with Gasteiger partial charge in [0.25, 0.3) is 0 Å². The second-order valence-corrected chi connectivity index (χ2v) is 8.56. The lowest BCUT2D eigenvalue weighted by molar-refractivity contribution is -0.137. The molecule has 1 aromatic heterocycles. The van der Waals surface area contributed by atoms with E-state index in [1.165, 1.54) is 36.4 Å². The second-order valence-electron chi connectivity index (χ2n) is 6.57. The fourth-order valence-corrected chi connectivity index (χ4v) is 4.45. The van der Waals surface area contributed by atoms with E-state index < -0.39 is 42.8 Å². The number of alkyl halides is 5. The van der Waals surface area contributed by atoms with Gasteiger partial charge in [-0.15, -0.1) is 0 Å². The molecule has 3 nitrogen and oxygen atoms in total. The van der Waals surface area contributed by atoms with E-state index in [1.54, 1.807) is 6.07 Å². The van der Waals surface area contributed by atoms with Gasteiger partial charge in [-0.3, -0.25) is 0 Å². The van der Waals surface area contributed by atoms with Gasteiger partial charge in [0, 0.05) is 10.8 Å². The molecule has 0 N–H and O–H groups in total. The van der Waals surface area contributed by atoms with Gasteiger partial charge < -0.3 is 0 Å². The Balaban J connectivity index is 2.10. The third kappa shape index (κ3) is 3.09. The summed E-state index contributed by atoms with van der Waals surface area (Å²) in [4.78, 5) is 3.13. The van der Waals surface area contributed by atoms with Crippen molar-refractivity contribution in [2.75, 3.05) is 0 Å². The molecule has 4 aromatic rings. The molecule has 0 fully saturated rings. The highest BCUT2D eigenvalue weighted by atomic mass is 32.2. The van der Waals surface area contributed by atoms with E-state index in [-0.39, 0.29) is 10.9 Å². The molecule has 0 radical (unpaired) electrons. The standard InChI is InChI=1S/C21H12F5NO2S/c22-20(23,24)13-10-11-15-16-8-4-5-9-18(16)27-19(17(15)12-13)21(25,26)30(28,29)14-6-2-1-3-7-14/h1-12H. The van der Waals surface area contributed by atoms with Crippen molar-refractivity contribution in [2.45, 2.75) is 16.3 Å². The van der Waals surface area contributed by atoms with Crippen LogP contribution in [0.15, 0.2) is 77.7 Å². The zero-order chi connectivity index (χ0) is 21.7. The Labute approximate surface area is 167 Å². The van der Waals surface area contributed by atoms with Crippen LogP contribution in [-0.2, 0) is 21.3 Å². The summed E-state index contributed by atoms with van der Waals surface area (Å²) >= 11 is 0. The fraction of sp³-hybridized carbons (Fsp3) is 0.0952. The number of benzene rings is 3. The van der Waals surface area contributed by atoms with Crippen molar-refractivity contribution in [3.8, 4) is 0 Å². The zero-order valence-electron chi connectivity index (χ0n) is 15.0. The maximum Gasteiger partial charge on any atom is 0.416 e. The van der Waals surface area contributed by atoms with Gasteiger partial charge in [0.2, 0.25) is 9.84 Å². The molecule has 0 unspecified atom stereocenters. The van der Waals surface area contributed by atoms with Crippen LogP contribution in [0.3, 0.4) is 0 Å². The van der Waals surface area contributed by atoms with Gasteiger partial charge in [0.1, 0.15) is 5.69 Å². The molecule has 0 amide bonds. The number of nitrogens with zero attached hydrogens (tertiary/aromatic N) is 1. The number of pyridine rings is 1. The molecule has 0 atom stereocenters. The lowest BCUT2D eigenvalue weighted by Gasteiger charge is -2.20. The van der Waals surface area contributed by atoms with Crippen molar-refractivity contribution in [3.05, 3.63) is 84.1 Å². The SMILES string of the molecule is O=S(=O)(c1ccccc1)C(F)(F)c1nc2ccccc2c2ccc(C(F)(F)F)cc12. The van der Waals surface area contributed by atoms with Crippen LogP contribution in [0, 0.1) is 0 Å². The average molecular weight is 437 g/mol. The molecule has 0 saturated heterocycles. The highest BCUT2D eigenvalue weighted by Gasteiger charge is 2.50. The van der Waals surface area contributed by atoms with Crippen LogP contribution in [0.1, 0.15) is 11.3 Å². The normalized spacial score (nSPS) is 13.1. The summed E-state index contributed by atoms with van der Waals surface area (Å²) < 4.78 is 95.8. The van der Waals surface area contributed by atoms with Crippen molar-refractivity contribution in [2.24, 2.45) is 0 Å². The number of para-hydroxylation sites is 1. The van der Waals surface area contributed by atoms with Crippen LogP contribution in [0.25, 0.3) is 21.7 Å². The zero-order valence-corrected chi connectivity index (χ0v) is 15.8. The highest BCUT2D eigenvalue weighted by Crippen LogP contribution is 2.43. The fourth-order valence-electron chi connectivity index (χ4n) is 3.23. The van der Waals surface area contributed by atoms with Crippen LogP contribution in [-0.4, -0.2) is 13.4 Å². The Bertz CT molecular complexity index is 1370. The van der Waals surface area contributed by atoms with E-state index in [4.69, 9.17) is 0 Å². The summed E-state index contributed by atoms with van der Waals surface area (Å²) in [5, 5.41) is -4.77. The van der Waals surface area contributed by atoms with Crippen LogP contribution < -0.4 is 0 Å². The molecular formula is C21H12F5NO2S. The van der Waals surface area contributed by atoms with E-state index in [0.717, 1.165) is 24.3 Å². The van der Waals surface area contributed by atoms with E-state index >= 15 is 8.78 Å². The summed E-state index contributed by atoms with van der Waals surface area (Å²) in [6, 6.07) is 14.3. The predicted octanol–water partition coefficient (Wildman–Crippen LogP) is 5.93. The molecule has 0 aliphatic carbocycles. The van der Waals surface area contributed by atoms with Gasteiger partial charge in [-0.2, -0.15) is 22.0 Å². The summed E-state index contributed by atoms with van der Waals surface area (Å²) in [7, 11) is -5.28. The summed E-state index contributed by atoms with van der Waals surface area (Å²) in [5.41, 5.74) is -2.38. The molecule has 3 aromatic carbocycles. The van der Waals surface area contributed by atoms with Crippen molar-refractivity contribution < 1.29 is 30.4 Å². The molecule has 1 heterocycles. The number of rotatable bonds is 3. The molecule has 0 bridgehead atoms. The Morgan fingerprint density at radius 3 is 2.00 bits per heavy atom. The summed E-state index contributed by atoms with van der Waals surface area (Å²) in [6.07, 6.45) is -4.80. The predicted molar refractivity (Wildman–Crippen MR) is 102 cm³/mol. The quantitative estimate of drug-likeness (QED) is 0.295. The van der Waals surface area contributed by atoms with Gasteiger partial charge in [-0.05, 0) is 35.7 Å². The van der Waals surface area contributed by atoms with Crippen molar-refractivity contribution in [1.82, 2.24) is 4.98 Å². The number of hydrogen-bond donors (Lipinski definition) is 0. The number of sulfone groups is 1. The first-order chi connectivity index (χ1) is 14.0. The molecule has 9 heteroatoms. The van der Waals surface area contributed by atoms with Gasteiger partial charge in [0.15, 0.2) is 0 Å². The third-order valence-electron chi connectivity index (χ3n) is 4.70. The van der Waals surface area contributed by atoms with Gasteiger partial charge in [-0.25, -0.2) is 13.4 Å². The lowest BCUT2D eigenvalue weighted by atomic mass is 10.0. The molecule has 4 rings (SSSR count). The van der Waals surface area contributed by atoms with Crippen LogP contribution in [0.5, 0.6) is 0 Å². The van der Waals surface area contributed by atoms with E-state index in [2.05, 4.69) is 4.98 Å². The Kier molecular flexibility index (Phi) is 4.54. The molecule has 0 aliphatic rings. The number of hydrogen-bond acceptors (Lipinski definition) is 3. The minimum Gasteiger partial charge on any atom is -0.245 e. The van der Waals surface area contributed by atoms with Gasteiger partial charge >= 0.3 is 11.4 Å². The van der Waals surface area contributed by atoms with E-state index in [0.29, 0.717) is 11.5 Å². The minimum absolute atomic E-state index is 0.0442. The maximum atomic E-state index is 15.4. The largest absolute Gasteiger partial charge is 0.416 e. The minimum atomic E-state index is -5.28. The van der Waals surface area contributed by atoms with Crippen LogP contribution in [0.4, 0.5) is 22.0 Å². The second kappa shape index (κ2) is 6.73. The molecular weight excluding hydrogens is 425 g/mol. The van der Waals surface area contributed by atoms with Gasteiger partial charge in [0.05, 0.1) is 16.0 Å². The summed E-state index contributed by atoms with van der Waals surface area (Å²) in [5.74, 6) is 0. The van der Waals surface area contributed by atoms with Crippen LogP contribution >= 0.6 is 0 Å². The summed E-state index contributed by atoms with van der Waals surface area (Å²) in [6.45, 7) is 0. The number of aromatic nitrogens is 1. The Morgan fingerprint density at radius 2 is 1.33 bits per heavy atom. The van der Waals surface area contributed by atoms with Crippen molar-refractivity contribution in [3.63, 3.8) is 0 Å². The highest BCUT2D eigenvalue weighted by molar-refractivity contribution is 7.92. The maximum absolute atomic E-state index is 15.4. The first-order valence-corrected chi connectivity index (χ1v) is 10.1. The van der Waals surface area contributed by atoms with E-state index in [1.807, 2.05) is 0 Å². The molecule has 30 heavy (non-hydrogen) atoms. The smallest absolute Gasteiger partial charge is 0.245 e. The van der Waals surface area contributed by atoms with Gasteiger partial charge in [-0.1, -0.05) is 42.5 Å². The topological polar surface area (TPSA) is 47.0 Å². The average Bonchev–Trinajstić information content (AvgIpc) is 2.72. The van der Waals surface area contributed by atoms with Crippen molar-refractivity contribution in [1.29, 1.82) is 0 Å². The Hall–Kier alpha value is -3.07. The van der Waals surface area contributed by atoms with E-state index in [9.17, 15) is 21.6 Å². The molecule has 0 saturated carbocycles. The first kappa shape index (κ1) is 20.2. The molecule has 0 aliphatic heterocycles. The third-order valence-corrected chi connectivity index (χ3v) is 6.46. The molecule has 154 valence electrons. The van der Waals surface area contributed by atoms with Crippen molar-refractivity contribution >= 4 is 31.5 Å².